The third kappa shape index (κ3) is 4.81. The Morgan fingerprint density at radius 1 is 1.43 bits per heavy atom. The lowest BCUT2D eigenvalue weighted by atomic mass is 10.0. The first-order chi connectivity index (χ1) is 14.4. The van der Waals surface area contributed by atoms with E-state index in [1.54, 1.807) is 20.2 Å². The minimum atomic E-state index is -0.493. The van der Waals surface area contributed by atoms with Crippen molar-refractivity contribution in [2.75, 3.05) is 19.0 Å². The third-order valence-electron chi connectivity index (χ3n) is 4.69. The highest BCUT2D eigenvalue weighted by Crippen LogP contribution is 2.34. The van der Waals surface area contributed by atoms with E-state index in [0.29, 0.717) is 29.3 Å². The Morgan fingerprint density at radius 2 is 2.23 bits per heavy atom. The van der Waals surface area contributed by atoms with Crippen molar-refractivity contribution in [2.45, 2.75) is 33.1 Å². The molecule has 1 N–H and O–H groups in total. The molecule has 0 saturated heterocycles. The minimum Gasteiger partial charge on any atom is -0.495 e. The van der Waals surface area contributed by atoms with E-state index in [0.717, 1.165) is 34.1 Å². The molecule has 1 aromatic heterocycles. The van der Waals surface area contributed by atoms with E-state index in [-0.39, 0.29) is 12.4 Å². The van der Waals surface area contributed by atoms with E-state index >= 15 is 0 Å². The fraction of sp³-hybridized carbons (Fsp3) is 0.318. The average Bonchev–Trinajstić information content (AvgIpc) is 3.08. The van der Waals surface area contributed by atoms with Crippen LogP contribution in [0.1, 0.15) is 48.5 Å². The first-order valence-electron chi connectivity index (χ1n) is 9.63. The van der Waals surface area contributed by atoms with Crippen LogP contribution < -0.4 is 10.1 Å². The maximum absolute atomic E-state index is 12.1. The van der Waals surface area contributed by atoms with Gasteiger partial charge in [-0.3, -0.25) is 0 Å². The number of anilines is 1. The van der Waals surface area contributed by atoms with Crippen molar-refractivity contribution in [1.82, 2.24) is 5.16 Å². The van der Waals surface area contributed by atoms with E-state index in [1.807, 2.05) is 25.1 Å². The Bertz CT molecular complexity index is 1020. The summed E-state index contributed by atoms with van der Waals surface area (Å²) in [6, 6.07) is 5.73. The molecular weight excluding hydrogens is 450 g/mol. The molecular formula is C22H24BrN3O4. The van der Waals surface area contributed by atoms with Gasteiger partial charge in [-0.2, -0.15) is 0 Å². The number of rotatable bonds is 5. The molecule has 0 unspecified atom stereocenters. The van der Waals surface area contributed by atoms with Gasteiger partial charge >= 0.3 is 5.97 Å². The lowest BCUT2D eigenvalue weighted by Gasteiger charge is -2.11. The number of aromatic nitrogens is 1. The fourth-order valence-corrected chi connectivity index (χ4v) is 3.55. The van der Waals surface area contributed by atoms with Crippen molar-refractivity contribution in [3.8, 4) is 5.75 Å². The quantitative estimate of drug-likeness (QED) is 0.271. The maximum Gasteiger partial charge on any atom is 0.377 e. The molecule has 0 saturated carbocycles. The number of carbonyl (C=O) groups excluding carboxylic acids is 1. The molecule has 0 aliphatic heterocycles. The number of benzene rings is 1. The number of halogens is 1. The molecule has 30 heavy (non-hydrogen) atoms. The van der Waals surface area contributed by atoms with E-state index in [2.05, 4.69) is 38.0 Å². The van der Waals surface area contributed by atoms with Gasteiger partial charge in [0.25, 0.3) is 0 Å². The highest BCUT2D eigenvalue weighted by molar-refractivity contribution is 9.10. The van der Waals surface area contributed by atoms with E-state index in [9.17, 15) is 4.79 Å². The van der Waals surface area contributed by atoms with Crippen LogP contribution in [0.5, 0.6) is 5.75 Å². The summed E-state index contributed by atoms with van der Waals surface area (Å²) in [4.78, 5) is 16.6. The number of hydrogen-bond acceptors (Lipinski definition) is 6. The highest BCUT2D eigenvalue weighted by Gasteiger charge is 2.27. The Balaban J connectivity index is 1.81. The van der Waals surface area contributed by atoms with Crippen LogP contribution in [0.3, 0.4) is 0 Å². The van der Waals surface area contributed by atoms with Gasteiger partial charge in [-0.25, -0.2) is 9.79 Å². The number of methoxy groups -OCH3 is 1. The van der Waals surface area contributed by atoms with Crippen LogP contribution in [0.25, 0.3) is 5.57 Å². The second kappa shape index (κ2) is 9.75. The Hall–Kier alpha value is -2.87. The zero-order valence-electron chi connectivity index (χ0n) is 17.3. The van der Waals surface area contributed by atoms with Gasteiger partial charge in [0.2, 0.25) is 5.76 Å². The monoisotopic (exact) mass is 473 g/mol. The first kappa shape index (κ1) is 21.8. The molecule has 0 amide bonds. The number of hydrogen-bond donors (Lipinski definition) is 1. The van der Waals surface area contributed by atoms with Crippen molar-refractivity contribution in [1.29, 1.82) is 0 Å². The molecule has 1 aliphatic carbocycles. The van der Waals surface area contributed by atoms with Crippen LogP contribution in [0.2, 0.25) is 0 Å². The van der Waals surface area contributed by atoms with Gasteiger partial charge in [-0.05, 0) is 56.9 Å². The summed E-state index contributed by atoms with van der Waals surface area (Å²) in [5.74, 6) is 1.09. The number of ether oxygens (including phenoxy) is 2. The molecule has 1 aliphatic rings. The number of aliphatic imine (C=N–C) groups is 1. The van der Waals surface area contributed by atoms with Crippen LogP contribution in [0.15, 0.2) is 50.5 Å². The van der Waals surface area contributed by atoms with Gasteiger partial charge in [0, 0.05) is 21.8 Å². The molecule has 1 aromatic carbocycles. The summed E-state index contributed by atoms with van der Waals surface area (Å²) < 4.78 is 16.7. The number of fused-ring (bicyclic) bond motifs is 1. The van der Waals surface area contributed by atoms with E-state index < -0.39 is 5.97 Å². The molecule has 2 aromatic rings. The summed E-state index contributed by atoms with van der Waals surface area (Å²) in [7, 11) is 1.62. The molecule has 158 valence electrons. The van der Waals surface area contributed by atoms with Crippen LogP contribution in [0, 0.1) is 0 Å². The molecule has 0 fully saturated rings. The SMILES string of the molecule is C=C1/C(=C\N=C(C)Nc2ccc(Br)cc2OC)CCCc2c1noc2C(=O)OCC. The van der Waals surface area contributed by atoms with Crippen LogP contribution in [0.4, 0.5) is 5.69 Å². The van der Waals surface area contributed by atoms with Gasteiger partial charge in [0.1, 0.15) is 17.3 Å². The van der Waals surface area contributed by atoms with Crippen LogP contribution in [-0.4, -0.2) is 30.7 Å². The Labute approximate surface area is 184 Å². The van der Waals surface area contributed by atoms with Gasteiger partial charge in [-0.1, -0.05) is 27.7 Å². The number of nitrogens with one attached hydrogen (secondary N) is 1. The van der Waals surface area contributed by atoms with Crippen molar-refractivity contribution < 1.29 is 18.8 Å². The summed E-state index contributed by atoms with van der Waals surface area (Å²) in [5.41, 5.74) is 3.82. The molecule has 0 radical (unpaired) electrons. The molecule has 3 rings (SSSR count). The topological polar surface area (TPSA) is 86.0 Å². The predicted molar refractivity (Wildman–Crippen MR) is 120 cm³/mol. The molecule has 0 bridgehead atoms. The Kier molecular flexibility index (Phi) is 7.10. The predicted octanol–water partition coefficient (Wildman–Crippen LogP) is 5.39. The normalized spacial score (nSPS) is 15.5. The second-order valence-corrected chi connectivity index (χ2v) is 7.65. The lowest BCUT2D eigenvalue weighted by molar-refractivity contribution is 0.0478. The summed E-state index contributed by atoms with van der Waals surface area (Å²) >= 11 is 3.43. The van der Waals surface area contributed by atoms with Crippen molar-refractivity contribution in [2.24, 2.45) is 4.99 Å². The molecule has 7 nitrogen and oxygen atoms in total. The van der Waals surface area contributed by atoms with Gasteiger partial charge in [-0.15, -0.1) is 0 Å². The molecule has 0 atom stereocenters. The van der Waals surface area contributed by atoms with Crippen LogP contribution in [-0.2, 0) is 11.2 Å². The van der Waals surface area contributed by atoms with Gasteiger partial charge in [0.05, 0.1) is 19.4 Å². The molecule has 0 spiro atoms. The van der Waals surface area contributed by atoms with Gasteiger partial charge in [0.15, 0.2) is 0 Å². The largest absolute Gasteiger partial charge is 0.495 e. The summed E-state index contributed by atoms with van der Waals surface area (Å²) in [6.45, 7) is 8.07. The summed E-state index contributed by atoms with van der Waals surface area (Å²) in [5, 5.41) is 7.32. The smallest absolute Gasteiger partial charge is 0.377 e. The zero-order chi connectivity index (χ0) is 21.7. The number of amidine groups is 1. The summed E-state index contributed by atoms with van der Waals surface area (Å²) in [6.07, 6.45) is 4.05. The van der Waals surface area contributed by atoms with Crippen molar-refractivity contribution >= 4 is 39.0 Å². The van der Waals surface area contributed by atoms with Crippen molar-refractivity contribution in [3.05, 3.63) is 58.0 Å². The number of esters is 1. The van der Waals surface area contributed by atoms with Gasteiger partial charge < -0.3 is 19.3 Å². The highest BCUT2D eigenvalue weighted by atomic mass is 79.9. The number of carbonyl (C=O) groups is 1. The Morgan fingerprint density at radius 3 is 2.97 bits per heavy atom. The average molecular weight is 474 g/mol. The van der Waals surface area contributed by atoms with Crippen molar-refractivity contribution in [3.63, 3.8) is 0 Å². The number of nitrogens with zero attached hydrogens (tertiary/aromatic N) is 2. The molecule has 8 heteroatoms. The lowest BCUT2D eigenvalue weighted by Crippen LogP contribution is -2.08. The maximum atomic E-state index is 12.1. The second-order valence-electron chi connectivity index (χ2n) is 6.73. The zero-order valence-corrected chi connectivity index (χ0v) is 18.8. The standard InChI is InChI=1S/C22H24BrN3O4/c1-5-29-22(27)21-17-8-6-7-15(13(2)20(17)26-30-21)12-24-14(3)25-18-10-9-16(23)11-19(18)28-4/h9-12H,2,5-8H2,1,3-4H3,(H,24,25)/b15-12-. The van der Waals surface area contributed by atoms with Crippen LogP contribution >= 0.6 is 15.9 Å². The fourth-order valence-electron chi connectivity index (χ4n) is 3.21. The number of allylic oxidation sites excluding steroid dienone is 2. The minimum absolute atomic E-state index is 0.165. The van der Waals surface area contributed by atoms with E-state index in [1.165, 1.54) is 0 Å². The third-order valence-corrected chi connectivity index (χ3v) is 5.18. The van der Waals surface area contributed by atoms with E-state index in [4.69, 9.17) is 14.0 Å². The molecule has 1 heterocycles. The first-order valence-corrected chi connectivity index (χ1v) is 10.4.